The summed E-state index contributed by atoms with van der Waals surface area (Å²) in [7, 11) is 0. The van der Waals surface area contributed by atoms with Gasteiger partial charge >= 0.3 is 0 Å². The van der Waals surface area contributed by atoms with Crippen LogP contribution < -0.4 is 5.01 Å². The summed E-state index contributed by atoms with van der Waals surface area (Å²) < 4.78 is 13.5. The predicted molar refractivity (Wildman–Crippen MR) is 128 cm³/mol. The van der Waals surface area contributed by atoms with Crippen LogP contribution in [0, 0.1) is 15.9 Å². The largest absolute Gasteiger partial charge is 0.270 e. The van der Waals surface area contributed by atoms with E-state index in [1.807, 2.05) is 34.7 Å². The summed E-state index contributed by atoms with van der Waals surface area (Å²) in [6.45, 7) is 0. The Kier molecular flexibility index (Phi) is 5.62. The molecule has 0 saturated heterocycles. The van der Waals surface area contributed by atoms with Crippen LogP contribution in [0.25, 0.3) is 11.3 Å². The fraction of sp³-hybridized carbons (Fsp3) is 0.0833. The van der Waals surface area contributed by atoms with Crippen molar-refractivity contribution < 1.29 is 9.31 Å². The lowest BCUT2D eigenvalue weighted by atomic mass is 9.98. The lowest BCUT2D eigenvalue weighted by Gasteiger charge is -2.21. The number of halogens is 2. The molecule has 2 heterocycles. The Morgan fingerprint density at radius 1 is 1.06 bits per heavy atom. The first-order valence-corrected chi connectivity index (χ1v) is 11.3. The summed E-state index contributed by atoms with van der Waals surface area (Å²) in [4.78, 5) is 15.6. The van der Waals surface area contributed by atoms with Crippen LogP contribution in [0.2, 0.25) is 5.02 Å². The van der Waals surface area contributed by atoms with E-state index < -0.39 is 4.92 Å². The molecule has 3 aromatic carbocycles. The average molecular weight is 479 g/mol. The summed E-state index contributed by atoms with van der Waals surface area (Å²) in [5.41, 5.74) is 3.99. The van der Waals surface area contributed by atoms with Gasteiger partial charge in [0.05, 0.1) is 22.4 Å². The van der Waals surface area contributed by atoms with Crippen LogP contribution in [-0.2, 0) is 0 Å². The highest BCUT2D eigenvalue weighted by molar-refractivity contribution is 7.14. The minimum absolute atomic E-state index is 0.00579. The predicted octanol–water partition coefficient (Wildman–Crippen LogP) is 6.87. The van der Waals surface area contributed by atoms with Gasteiger partial charge in [0.1, 0.15) is 5.82 Å². The van der Waals surface area contributed by atoms with Crippen molar-refractivity contribution in [3.05, 3.63) is 110 Å². The molecule has 9 heteroatoms. The van der Waals surface area contributed by atoms with Gasteiger partial charge in [-0.15, -0.1) is 11.3 Å². The lowest BCUT2D eigenvalue weighted by molar-refractivity contribution is -0.384. The van der Waals surface area contributed by atoms with E-state index in [9.17, 15) is 14.5 Å². The van der Waals surface area contributed by atoms with Gasteiger partial charge in [0.2, 0.25) is 5.13 Å². The number of nitrogens with zero attached hydrogens (tertiary/aromatic N) is 4. The summed E-state index contributed by atoms with van der Waals surface area (Å²) in [6.07, 6.45) is 0.503. The zero-order valence-corrected chi connectivity index (χ0v) is 18.6. The molecule has 0 amide bonds. The second-order valence-electron chi connectivity index (χ2n) is 7.49. The highest BCUT2D eigenvalue weighted by Gasteiger charge is 2.32. The van der Waals surface area contributed by atoms with E-state index in [2.05, 4.69) is 0 Å². The fourth-order valence-corrected chi connectivity index (χ4v) is 4.69. The van der Waals surface area contributed by atoms with Crippen LogP contribution in [0.1, 0.15) is 23.6 Å². The standard InChI is InChI=1S/C24H16ClFN4O2S/c25-18-8-4-15(5-9-18)22-14-33-24(27-22)29-23(16-6-10-19(26)11-7-16)13-21(28-29)17-2-1-3-20(12-17)30(31)32/h1-12,14,23H,13H2. The number of nitro benzene ring substituents is 1. The van der Waals surface area contributed by atoms with Gasteiger partial charge in [-0.2, -0.15) is 5.10 Å². The maximum absolute atomic E-state index is 13.5. The fourth-order valence-electron chi connectivity index (χ4n) is 3.73. The molecule has 1 unspecified atom stereocenters. The van der Waals surface area contributed by atoms with E-state index >= 15 is 0 Å². The van der Waals surface area contributed by atoms with Gasteiger partial charge < -0.3 is 0 Å². The third kappa shape index (κ3) is 4.35. The highest BCUT2D eigenvalue weighted by Crippen LogP contribution is 2.39. The second kappa shape index (κ2) is 8.73. The van der Waals surface area contributed by atoms with Crippen molar-refractivity contribution in [1.82, 2.24) is 4.98 Å². The first-order valence-electron chi connectivity index (χ1n) is 10.1. The molecule has 0 radical (unpaired) electrons. The Balaban J connectivity index is 1.54. The topological polar surface area (TPSA) is 71.6 Å². The quantitative estimate of drug-likeness (QED) is 0.232. The van der Waals surface area contributed by atoms with E-state index in [0.29, 0.717) is 27.9 Å². The number of nitro groups is 1. The van der Waals surface area contributed by atoms with Crippen molar-refractivity contribution in [3.63, 3.8) is 0 Å². The number of hydrogen-bond donors (Lipinski definition) is 0. The molecule has 1 aromatic heterocycles. The van der Waals surface area contributed by atoms with Crippen molar-refractivity contribution in [2.75, 3.05) is 5.01 Å². The molecular weight excluding hydrogens is 463 g/mol. The first-order chi connectivity index (χ1) is 16.0. The third-order valence-electron chi connectivity index (χ3n) is 5.38. The average Bonchev–Trinajstić information content (AvgIpc) is 3.48. The number of benzene rings is 3. The van der Waals surface area contributed by atoms with Crippen LogP contribution in [0.5, 0.6) is 0 Å². The van der Waals surface area contributed by atoms with E-state index in [1.165, 1.54) is 35.6 Å². The second-order valence-corrected chi connectivity index (χ2v) is 8.77. The molecule has 164 valence electrons. The zero-order chi connectivity index (χ0) is 22.9. The molecule has 0 bridgehead atoms. The Labute approximate surface area is 197 Å². The van der Waals surface area contributed by atoms with Gasteiger partial charge in [0.15, 0.2) is 0 Å². The molecule has 1 aliphatic rings. The molecular formula is C24H16ClFN4O2S. The maximum atomic E-state index is 13.5. The van der Waals surface area contributed by atoms with E-state index in [0.717, 1.165) is 16.8 Å². The Morgan fingerprint density at radius 3 is 2.55 bits per heavy atom. The molecule has 6 nitrogen and oxygen atoms in total. The maximum Gasteiger partial charge on any atom is 0.270 e. The van der Waals surface area contributed by atoms with Gasteiger partial charge in [-0.3, -0.25) is 10.1 Å². The molecule has 4 aromatic rings. The van der Waals surface area contributed by atoms with E-state index in [1.54, 1.807) is 24.3 Å². The van der Waals surface area contributed by atoms with Crippen LogP contribution in [-0.4, -0.2) is 15.6 Å². The molecule has 0 N–H and O–H groups in total. The molecule has 0 spiro atoms. The number of hydrazone groups is 1. The normalized spacial score (nSPS) is 15.5. The smallest absolute Gasteiger partial charge is 0.258 e. The van der Waals surface area contributed by atoms with Gasteiger partial charge in [0, 0.05) is 40.1 Å². The van der Waals surface area contributed by atoms with Gasteiger partial charge in [0.25, 0.3) is 5.69 Å². The van der Waals surface area contributed by atoms with Crippen LogP contribution >= 0.6 is 22.9 Å². The molecule has 1 atom stereocenters. The number of anilines is 1. The van der Waals surface area contributed by atoms with E-state index in [-0.39, 0.29) is 17.5 Å². The highest BCUT2D eigenvalue weighted by atomic mass is 35.5. The Hall–Kier alpha value is -3.62. The van der Waals surface area contributed by atoms with Crippen LogP contribution in [0.4, 0.5) is 15.2 Å². The molecule has 0 saturated carbocycles. The molecule has 5 rings (SSSR count). The number of non-ortho nitro benzene ring substituents is 1. The monoisotopic (exact) mass is 478 g/mol. The number of aromatic nitrogens is 1. The minimum atomic E-state index is -0.423. The molecule has 0 fully saturated rings. The molecule has 1 aliphatic heterocycles. The number of hydrogen-bond acceptors (Lipinski definition) is 6. The molecule has 0 aliphatic carbocycles. The third-order valence-corrected chi connectivity index (χ3v) is 6.47. The SMILES string of the molecule is O=[N+]([O-])c1cccc(C2=NN(c3nc(-c4ccc(Cl)cc4)cs3)C(c3ccc(F)cc3)C2)c1. The van der Waals surface area contributed by atoms with Crippen molar-refractivity contribution in [1.29, 1.82) is 0 Å². The first kappa shape index (κ1) is 21.2. The van der Waals surface area contributed by atoms with Gasteiger partial charge in [-0.1, -0.05) is 48.0 Å². The number of thiazole rings is 1. The summed E-state index contributed by atoms with van der Waals surface area (Å²) in [5.74, 6) is -0.317. The van der Waals surface area contributed by atoms with Gasteiger partial charge in [-0.05, 0) is 29.8 Å². The minimum Gasteiger partial charge on any atom is -0.258 e. The van der Waals surface area contributed by atoms with Gasteiger partial charge in [-0.25, -0.2) is 14.4 Å². The van der Waals surface area contributed by atoms with E-state index in [4.69, 9.17) is 21.7 Å². The van der Waals surface area contributed by atoms with Crippen molar-refractivity contribution in [2.45, 2.75) is 12.5 Å². The van der Waals surface area contributed by atoms with Crippen molar-refractivity contribution in [2.24, 2.45) is 5.10 Å². The number of rotatable bonds is 5. The molecule has 33 heavy (non-hydrogen) atoms. The summed E-state index contributed by atoms with van der Waals surface area (Å²) in [5, 5.41) is 21.1. The van der Waals surface area contributed by atoms with Crippen LogP contribution in [0.3, 0.4) is 0 Å². The van der Waals surface area contributed by atoms with Crippen molar-refractivity contribution >= 4 is 39.5 Å². The summed E-state index contributed by atoms with van der Waals surface area (Å²) in [6, 6.07) is 19.9. The Bertz CT molecular complexity index is 1360. The Morgan fingerprint density at radius 2 is 1.82 bits per heavy atom. The van der Waals surface area contributed by atoms with Crippen molar-refractivity contribution in [3.8, 4) is 11.3 Å². The lowest BCUT2D eigenvalue weighted by Crippen LogP contribution is -2.18. The zero-order valence-electron chi connectivity index (χ0n) is 17.1. The van der Waals surface area contributed by atoms with Crippen LogP contribution in [0.15, 0.2) is 83.3 Å². The summed E-state index contributed by atoms with van der Waals surface area (Å²) >= 11 is 7.44.